The Balaban J connectivity index is 2.48. The lowest BCUT2D eigenvalue weighted by molar-refractivity contribution is -0.130. The zero-order valence-electron chi connectivity index (χ0n) is 7.81. The molecule has 2 N–H and O–H groups in total. The van der Waals surface area contributed by atoms with Crippen LogP contribution >= 0.6 is 15.9 Å². The Morgan fingerprint density at radius 2 is 2.06 bits per heavy atom. The Bertz CT molecular complexity index is 535. The van der Waals surface area contributed by atoms with Crippen molar-refractivity contribution in [2.45, 2.75) is 12.6 Å². The molecular weight excluding hydrogens is 289 g/mol. The van der Waals surface area contributed by atoms with Crippen LogP contribution in [0.3, 0.4) is 0 Å². The van der Waals surface area contributed by atoms with Gasteiger partial charge in [0.25, 0.3) is 0 Å². The topological polar surface area (TPSA) is 52.0 Å². The largest absolute Gasteiger partial charge is 0.438 e. The van der Waals surface area contributed by atoms with E-state index in [1.165, 1.54) is 0 Å². The quantitative estimate of drug-likeness (QED) is 0.821. The first-order chi connectivity index (χ1) is 7.35. The van der Waals surface area contributed by atoms with E-state index >= 15 is 0 Å². The van der Waals surface area contributed by atoms with Crippen molar-refractivity contribution >= 4 is 32.7 Å². The second kappa shape index (κ2) is 3.65. The summed E-state index contributed by atoms with van der Waals surface area (Å²) >= 11 is 3.17. The third-order valence-corrected chi connectivity index (χ3v) is 2.34. The number of nitrogens with zero attached hydrogens (tertiary/aromatic N) is 1. The molecule has 7 heteroatoms. The first-order valence-corrected chi connectivity index (χ1v) is 5.05. The van der Waals surface area contributed by atoms with Gasteiger partial charge in [-0.1, -0.05) is 15.9 Å². The number of nitrogens with two attached hydrogens (primary N) is 1. The highest BCUT2D eigenvalue weighted by Gasteiger charge is 2.30. The minimum absolute atomic E-state index is 0.183. The molecule has 1 heterocycles. The third kappa shape index (κ3) is 2.29. The Labute approximate surface area is 96.6 Å². The Morgan fingerprint density at radius 1 is 1.38 bits per heavy atom. The van der Waals surface area contributed by atoms with Gasteiger partial charge >= 0.3 is 6.18 Å². The molecular formula is C9H6BrF3N2O. The van der Waals surface area contributed by atoms with E-state index in [4.69, 9.17) is 10.2 Å². The van der Waals surface area contributed by atoms with E-state index in [9.17, 15) is 13.2 Å². The number of aromatic nitrogens is 1. The van der Waals surface area contributed by atoms with E-state index in [-0.39, 0.29) is 17.2 Å². The van der Waals surface area contributed by atoms with Gasteiger partial charge in [-0.3, -0.25) is 0 Å². The maximum Gasteiger partial charge on any atom is 0.397 e. The molecule has 2 aromatic rings. The third-order valence-electron chi connectivity index (χ3n) is 1.88. The van der Waals surface area contributed by atoms with E-state index in [0.717, 1.165) is 0 Å². The Morgan fingerprint density at radius 3 is 2.69 bits per heavy atom. The van der Waals surface area contributed by atoms with E-state index in [0.29, 0.717) is 9.99 Å². The van der Waals surface area contributed by atoms with Crippen molar-refractivity contribution in [1.29, 1.82) is 0 Å². The molecule has 0 bridgehead atoms. The number of halogens is 4. The molecule has 86 valence electrons. The normalized spacial score (nSPS) is 12.2. The molecule has 0 saturated heterocycles. The molecule has 0 unspecified atom stereocenters. The van der Waals surface area contributed by atoms with Crippen LogP contribution in [0.2, 0.25) is 0 Å². The van der Waals surface area contributed by atoms with Gasteiger partial charge < -0.3 is 10.2 Å². The highest BCUT2D eigenvalue weighted by molar-refractivity contribution is 9.10. The van der Waals surface area contributed by atoms with Crippen molar-refractivity contribution in [3.8, 4) is 0 Å². The lowest BCUT2D eigenvalue weighted by Crippen LogP contribution is -2.11. The minimum Gasteiger partial charge on any atom is -0.438 e. The predicted octanol–water partition coefficient (Wildman–Crippen LogP) is 3.28. The van der Waals surface area contributed by atoms with Crippen molar-refractivity contribution in [1.82, 2.24) is 4.98 Å². The molecule has 0 saturated carbocycles. The number of rotatable bonds is 1. The molecule has 0 aliphatic rings. The molecule has 0 amide bonds. The Kier molecular flexibility index (Phi) is 2.57. The zero-order valence-corrected chi connectivity index (χ0v) is 9.39. The van der Waals surface area contributed by atoms with Crippen molar-refractivity contribution in [2.24, 2.45) is 0 Å². The van der Waals surface area contributed by atoms with Gasteiger partial charge in [0.05, 0.1) is 5.69 Å². The van der Waals surface area contributed by atoms with Crippen LogP contribution in [0.25, 0.3) is 11.1 Å². The van der Waals surface area contributed by atoms with Crippen LogP contribution in [-0.4, -0.2) is 11.2 Å². The summed E-state index contributed by atoms with van der Waals surface area (Å²) in [6, 6.07) is 3.10. The highest BCUT2D eigenvalue weighted by Crippen LogP contribution is 2.29. The summed E-state index contributed by atoms with van der Waals surface area (Å²) in [6.07, 6.45) is -5.54. The van der Waals surface area contributed by atoms with E-state index in [1.807, 2.05) is 0 Å². The monoisotopic (exact) mass is 294 g/mol. The summed E-state index contributed by atoms with van der Waals surface area (Å²) in [7, 11) is 0. The van der Waals surface area contributed by atoms with Crippen LogP contribution in [0.15, 0.2) is 21.0 Å². The van der Waals surface area contributed by atoms with Gasteiger partial charge in [0.1, 0.15) is 11.9 Å². The first kappa shape index (κ1) is 11.3. The number of fused-ring (bicyclic) bond motifs is 1. The lowest BCUT2D eigenvalue weighted by Gasteiger charge is -2.00. The summed E-state index contributed by atoms with van der Waals surface area (Å²) in [5.41, 5.74) is 6.34. The van der Waals surface area contributed by atoms with Crippen LogP contribution in [0.1, 0.15) is 5.89 Å². The van der Waals surface area contributed by atoms with Gasteiger partial charge in [-0.2, -0.15) is 13.2 Å². The molecule has 0 radical (unpaired) electrons. The molecule has 2 rings (SSSR count). The number of oxazole rings is 1. The fraction of sp³-hybridized carbons (Fsp3) is 0.222. The van der Waals surface area contributed by atoms with E-state index < -0.39 is 12.6 Å². The van der Waals surface area contributed by atoms with Gasteiger partial charge in [-0.05, 0) is 12.1 Å². The SMILES string of the molecule is Nc1cc(Br)cc2nc(CC(F)(F)F)oc12. The summed E-state index contributed by atoms with van der Waals surface area (Å²) in [4.78, 5) is 3.72. The van der Waals surface area contributed by atoms with Crippen molar-refractivity contribution in [2.75, 3.05) is 5.73 Å². The average molecular weight is 295 g/mol. The van der Waals surface area contributed by atoms with Gasteiger partial charge in [0, 0.05) is 4.47 Å². The van der Waals surface area contributed by atoms with Gasteiger partial charge in [0.2, 0.25) is 5.89 Å². The summed E-state index contributed by atoms with van der Waals surface area (Å²) in [5, 5.41) is 0. The standard InChI is InChI=1S/C9H6BrF3N2O/c10-4-1-5(14)8-6(2-4)15-7(16-8)3-9(11,12)13/h1-2H,3,14H2. The van der Waals surface area contributed by atoms with Crippen LogP contribution < -0.4 is 5.73 Å². The van der Waals surface area contributed by atoms with Crippen LogP contribution in [-0.2, 0) is 6.42 Å². The van der Waals surface area contributed by atoms with Gasteiger partial charge in [-0.15, -0.1) is 0 Å². The fourth-order valence-corrected chi connectivity index (χ4v) is 1.78. The molecule has 16 heavy (non-hydrogen) atoms. The number of nitrogen functional groups attached to an aromatic ring is 1. The number of anilines is 1. The Hall–Kier alpha value is -1.24. The van der Waals surface area contributed by atoms with Gasteiger partial charge in [0.15, 0.2) is 5.58 Å². The molecule has 0 aliphatic carbocycles. The second-order valence-electron chi connectivity index (χ2n) is 3.24. The van der Waals surface area contributed by atoms with Crippen molar-refractivity contribution < 1.29 is 17.6 Å². The van der Waals surface area contributed by atoms with Crippen LogP contribution in [0.4, 0.5) is 18.9 Å². The van der Waals surface area contributed by atoms with Gasteiger partial charge in [-0.25, -0.2) is 4.98 Å². The van der Waals surface area contributed by atoms with Crippen LogP contribution in [0.5, 0.6) is 0 Å². The first-order valence-electron chi connectivity index (χ1n) is 4.26. The average Bonchev–Trinajstić information content (AvgIpc) is 2.43. The predicted molar refractivity (Wildman–Crippen MR) is 55.9 cm³/mol. The zero-order chi connectivity index (χ0) is 11.9. The molecule has 0 fully saturated rings. The molecule has 3 nitrogen and oxygen atoms in total. The maximum absolute atomic E-state index is 12.1. The molecule has 0 spiro atoms. The summed E-state index contributed by atoms with van der Waals surface area (Å²) in [6.45, 7) is 0. The maximum atomic E-state index is 12.1. The summed E-state index contributed by atoms with van der Waals surface area (Å²) in [5.74, 6) is -0.382. The molecule has 1 aromatic carbocycles. The lowest BCUT2D eigenvalue weighted by atomic mass is 10.3. The van der Waals surface area contributed by atoms with Crippen molar-refractivity contribution in [3.05, 3.63) is 22.5 Å². The fourth-order valence-electron chi connectivity index (χ4n) is 1.32. The number of hydrogen-bond acceptors (Lipinski definition) is 3. The van der Waals surface area contributed by atoms with E-state index in [2.05, 4.69) is 20.9 Å². The second-order valence-corrected chi connectivity index (χ2v) is 4.16. The number of alkyl halides is 3. The summed E-state index contributed by atoms with van der Waals surface area (Å²) < 4.78 is 41.9. The molecule has 0 atom stereocenters. The number of hydrogen-bond donors (Lipinski definition) is 1. The van der Waals surface area contributed by atoms with Crippen molar-refractivity contribution in [3.63, 3.8) is 0 Å². The minimum atomic E-state index is -4.34. The smallest absolute Gasteiger partial charge is 0.397 e. The molecule has 0 aliphatic heterocycles. The van der Waals surface area contributed by atoms with E-state index in [1.54, 1.807) is 12.1 Å². The van der Waals surface area contributed by atoms with Crippen LogP contribution in [0, 0.1) is 0 Å². The molecule has 1 aromatic heterocycles. The number of benzene rings is 1. The highest BCUT2D eigenvalue weighted by atomic mass is 79.9.